The first-order valence-electron chi connectivity index (χ1n) is 6.28. The van der Waals surface area contributed by atoms with Crippen molar-refractivity contribution in [1.29, 1.82) is 0 Å². The number of hydrogen-bond donors (Lipinski definition) is 4. The summed E-state index contributed by atoms with van der Waals surface area (Å²) >= 11 is 0. The van der Waals surface area contributed by atoms with Gasteiger partial charge in [0.25, 0.3) is 0 Å². The summed E-state index contributed by atoms with van der Waals surface area (Å²) < 4.78 is 31.1. The van der Waals surface area contributed by atoms with Crippen molar-refractivity contribution in [2.75, 3.05) is 5.73 Å². The van der Waals surface area contributed by atoms with Crippen molar-refractivity contribution in [2.24, 2.45) is 5.92 Å². The molecule has 0 amide bonds. The number of aromatic hydroxyl groups is 1. The van der Waals surface area contributed by atoms with E-state index in [0.29, 0.717) is 0 Å². The smallest absolute Gasteiger partial charge is 0.354 e. The van der Waals surface area contributed by atoms with Crippen LogP contribution < -0.4 is 5.73 Å². The number of nitrogens with two attached hydrogens (primary N) is 1. The summed E-state index contributed by atoms with van der Waals surface area (Å²) in [5, 5.41) is 9.62. The summed E-state index contributed by atoms with van der Waals surface area (Å²) in [7, 11) is -4.51. The van der Waals surface area contributed by atoms with Crippen molar-refractivity contribution < 1.29 is 28.6 Å². The summed E-state index contributed by atoms with van der Waals surface area (Å²) in [6, 6.07) is 0. The Labute approximate surface area is 122 Å². The van der Waals surface area contributed by atoms with E-state index < -0.39 is 31.6 Å². The summed E-state index contributed by atoms with van der Waals surface area (Å²) in [6.45, 7) is 0.0179. The maximum Gasteiger partial charge on any atom is 0.354 e. The van der Waals surface area contributed by atoms with Crippen molar-refractivity contribution in [3.8, 4) is 5.88 Å². The first-order valence-corrected chi connectivity index (χ1v) is 7.96. The lowest BCUT2D eigenvalue weighted by atomic mass is 10.1. The van der Waals surface area contributed by atoms with Gasteiger partial charge in [-0.15, -0.1) is 0 Å². The number of ether oxygens (including phenoxy) is 1. The van der Waals surface area contributed by atoms with Crippen LogP contribution in [0.1, 0.15) is 6.42 Å². The highest BCUT2D eigenvalue weighted by Gasteiger charge is 2.44. The van der Waals surface area contributed by atoms with E-state index in [1.54, 1.807) is 0 Å². The normalized spacial score (nSPS) is 25.9. The minimum atomic E-state index is -4.51. The number of nitrogens with zero attached hydrogens (tertiary/aromatic N) is 4. The van der Waals surface area contributed by atoms with Gasteiger partial charge in [0.05, 0.1) is 6.33 Å². The van der Waals surface area contributed by atoms with Crippen LogP contribution in [0.15, 0.2) is 6.33 Å². The van der Waals surface area contributed by atoms with E-state index in [4.69, 9.17) is 15.5 Å². The van der Waals surface area contributed by atoms with Crippen molar-refractivity contribution in [1.82, 2.24) is 19.5 Å². The average Bonchev–Trinajstić information content (AvgIpc) is 2.95. The molecule has 0 saturated carbocycles. The largest absolute Gasteiger partial charge is 0.492 e. The van der Waals surface area contributed by atoms with Crippen LogP contribution in [0.3, 0.4) is 0 Å². The molecule has 3 atom stereocenters. The molecule has 5 N–H and O–H groups in total. The molecule has 0 bridgehead atoms. The lowest BCUT2D eigenvalue weighted by Crippen LogP contribution is -2.16. The van der Waals surface area contributed by atoms with Gasteiger partial charge in [0.1, 0.15) is 0 Å². The molecule has 22 heavy (non-hydrogen) atoms. The van der Waals surface area contributed by atoms with Crippen LogP contribution in [0.5, 0.6) is 5.88 Å². The molecule has 1 aliphatic rings. The zero-order valence-corrected chi connectivity index (χ0v) is 12.0. The Bertz CT molecular complexity index is 763. The van der Waals surface area contributed by atoms with Crippen LogP contribution in [0.25, 0.3) is 11.2 Å². The standard InChI is InChI=1S/C10H13FN5O5P/c11-7-4(1-5(21-7)22(18,19)20)2-16-3-13-6-8(16)14-10(12)15-9(6)17/h3-5,7H,1-2H2,(H2,18,19,20)(H3,12,14,15,17)/t4-,5-,7+/m1/s1. The Balaban J connectivity index is 1.86. The molecule has 0 aromatic carbocycles. The van der Waals surface area contributed by atoms with E-state index in [-0.39, 0.29) is 30.1 Å². The third-order valence-electron chi connectivity index (χ3n) is 3.43. The Morgan fingerprint density at radius 2 is 2.23 bits per heavy atom. The Morgan fingerprint density at radius 3 is 2.86 bits per heavy atom. The third kappa shape index (κ3) is 2.63. The molecule has 10 nitrogen and oxygen atoms in total. The van der Waals surface area contributed by atoms with Crippen molar-refractivity contribution in [2.45, 2.75) is 25.2 Å². The Hall–Kier alpha value is -1.81. The second-order valence-electron chi connectivity index (χ2n) is 5.00. The van der Waals surface area contributed by atoms with Crippen LogP contribution in [0.4, 0.5) is 10.3 Å². The quantitative estimate of drug-likeness (QED) is 0.565. The first kappa shape index (κ1) is 15.1. The topological polar surface area (TPSA) is 157 Å². The first-order chi connectivity index (χ1) is 10.3. The van der Waals surface area contributed by atoms with Gasteiger partial charge in [-0.2, -0.15) is 9.97 Å². The fourth-order valence-electron chi connectivity index (χ4n) is 2.39. The van der Waals surface area contributed by atoms with Crippen molar-refractivity contribution in [3.05, 3.63) is 6.33 Å². The molecule has 1 saturated heterocycles. The number of fused-ring (bicyclic) bond motifs is 1. The number of hydrogen-bond acceptors (Lipinski definition) is 7. The van der Waals surface area contributed by atoms with Crippen LogP contribution in [0.2, 0.25) is 0 Å². The molecule has 3 heterocycles. The summed E-state index contributed by atoms with van der Waals surface area (Å²) in [4.78, 5) is 29.5. The lowest BCUT2D eigenvalue weighted by Gasteiger charge is -2.11. The van der Waals surface area contributed by atoms with Crippen LogP contribution in [0, 0.1) is 5.92 Å². The minimum Gasteiger partial charge on any atom is -0.492 e. The molecule has 3 rings (SSSR count). The second-order valence-corrected chi connectivity index (χ2v) is 6.76. The highest BCUT2D eigenvalue weighted by Crippen LogP contribution is 2.50. The molecule has 120 valence electrons. The van der Waals surface area contributed by atoms with E-state index in [1.165, 1.54) is 10.9 Å². The number of alkyl halides is 1. The average molecular weight is 333 g/mol. The van der Waals surface area contributed by atoms with Gasteiger partial charge in [-0.05, 0) is 6.42 Å². The molecule has 1 aliphatic heterocycles. The van der Waals surface area contributed by atoms with Crippen molar-refractivity contribution >= 4 is 24.7 Å². The summed E-state index contributed by atoms with van der Waals surface area (Å²) in [5.74, 6) is -2.81. The van der Waals surface area contributed by atoms with Gasteiger partial charge in [0.2, 0.25) is 18.2 Å². The van der Waals surface area contributed by atoms with Gasteiger partial charge in [0, 0.05) is 12.5 Å². The molecular formula is C10H13FN5O5P. The number of anilines is 1. The van der Waals surface area contributed by atoms with E-state index in [0.717, 1.165) is 0 Å². The second kappa shape index (κ2) is 5.13. The Morgan fingerprint density at radius 1 is 1.50 bits per heavy atom. The van der Waals surface area contributed by atoms with Crippen molar-refractivity contribution in [3.63, 3.8) is 0 Å². The van der Waals surface area contributed by atoms with Gasteiger partial charge in [-0.25, -0.2) is 9.37 Å². The van der Waals surface area contributed by atoms with E-state index in [9.17, 15) is 14.1 Å². The zero-order chi connectivity index (χ0) is 16.1. The van der Waals surface area contributed by atoms with Gasteiger partial charge < -0.3 is 29.9 Å². The lowest BCUT2D eigenvalue weighted by molar-refractivity contribution is -0.0352. The molecule has 2 aromatic rings. The van der Waals surface area contributed by atoms with Crippen LogP contribution >= 0.6 is 7.60 Å². The van der Waals surface area contributed by atoms with Gasteiger partial charge in [0.15, 0.2) is 17.0 Å². The fraction of sp³-hybridized carbons (Fsp3) is 0.500. The number of nitrogen functional groups attached to an aromatic ring is 1. The molecule has 0 spiro atoms. The zero-order valence-electron chi connectivity index (χ0n) is 11.1. The van der Waals surface area contributed by atoms with E-state index in [1.807, 2.05) is 0 Å². The van der Waals surface area contributed by atoms with E-state index >= 15 is 0 Å². The highest BCUT2D eigenvalue weighted by atomic mass is 31.2. The number of imidazole rings is 1. The van der Waals surface area contributed by atoms with Gasteiger partial charge in [-0.3, -0.25) is 4.57 Å². The predicted molar refractivity (Wildman–Crippen MR) is 71.3 cm³/mol. The molecule has 2 aromatic heterocycles. The molecule has 1 fully saturated rings. The molecule has 12 heteroatoms. The Kier molecular flexibility index (Phi) is 3.52. The molecule has 0 aliphatic carbocycles. The molecule has 0 unspecified atom stereocenters. The highest BCUT2D eigenvalue weighted by molar-refractivity contribution is 7.52. The summed E-state index contributed by atoms with van der Waals surface area (Å²) in [5.41, 5.74) is 5.75. The predicted octanol–water partition coefficient (Wildman–Crippen LogP) is -0.0500. The summed E-state index contributed by atoms with van der Waals surface area (Å²) in [6.07, 6.45) is -0.642. The third-order valence-corrected chi connectivity index (χ3v) is 4.51. The maximum absolute atomic E-state index is 13.8. The fourth-order valence-corrected chi connectivity index (χ4v) is 3.21. The SMILES string of the molecule is Nc1nc(O)c2ncn(C[C@H]3C[C@@H](P(=O)(O)O)O[C@@H]3F)c2n1. The number of halogens is 1. The molecule has 0 radical (unpaired) electrons. The van der Waals surface area contributed by atoms with Crippen LogP contribution in [-0.2, 0) is 15.8 Å². The molecular weight excluding hydrogens is 320 g/mol. The van der Waals surface area contributed by atoms with Gasteiger partial charge in [-0.1, -0.05) is 0 Å². The maximum atomic E-state index is 13.8. The monoisotopic (exact) mass is 333 g/mol. The van der Waals surface area contributed by atoms with E-state index in [2.05, 4.69) is 19.7 Å². The number of rotatable bonds is 3. The minimum absolute atomic E-state index is 0.0179. The van der Waals surface area contributed by atoms with Crippen LogP contribution in [-0.4, -0.2) is 46.6 Å². The number of aromatic nitrogens is 4. The van der Waals surface area contributed by atoms with Gasteiger partial charge >= 0.3 is 7.60 Å².